The molecule has 0 aliphatic rings. The van der Waals surface area contributed by atoms with Gasteiger partial charge in [-0.2, -0.15) is 0 Å². The average Bonchev–Trinajstić information content (AvgIpc) is 2.17. The molecule has 0 fully saturated rings. The van der Waals surface area contributed by atoms with Crippen molar-refractivity contribution in [2.24, 2.45) is 5.16 Å². The van der Waals surface area contributed by atoms with Crippen molar-refractivity contribution in [1.82, 2.24) is 5.32 Å². The number of rotatable bonds is 4. The minimum atomic E-state index is -0.934. The van der Waals surface area contributed by atoms with Gasteiger partial charge in [0.05, 0.1) is 0 Å². The lowest BCUT2D eigenvalue weighted by molar-refractivity contribution is -0.504. The van der Waals surface area contributed by atoms with E-state index >= 15 is 0 Å². The molecular formula is C7H11N3O4. The molecule has 0 bridgehead atoms. The van der Waals surface area contributed by atoms with Gasteiger partial charge in [0.1, 0.15) is 0 Å². The predicted octanol–water partition coefficient (Wildman–Crippen LogP) is -0.216. The van der Waals surface area contributed by atoms with Crippen molar-refractivity contribution in [2.75, 3.05) is 7.05 Å². The van der Waals surface area contributed by atoms with E-state index in [2.05, 4.69) is 10.5 Å². The van der Waals surface area contributed by atoms with Gasteiger partial charge in [-0.25, -0.2) is 0 Å². The number of nitrogens with one attached hydrogen (secondary N) is 1. The number of amides is 1. The Bertz CT molecular complexity index is 285. The molecule has 0 aromatic carbocycles. The van der Waals surface area contributed by atoms with Gasteiger partial charge in [-0.15, -0.1) is 0 Å². The van der Waals surface area contributed by atoms with E-state index in [0.29, 0.717) is 0 Å². The first-order valence-corrected chi connectivity index (χ1v) is 3.78. The monoisotopic (exact) mass is 201 g/mol. The Labute approximate surface area is 80.2 Å². The Hall–Kier alpha value is -1.92. The SMILES string of the molecule is CNC(=O)C(C=CC(C)[N+](=O)[O-])=NO. The molecule has 0 spiro atoms. The van der Waals surface area contributed by atoms with Gasteiger partial charge in [-0.1, -0.05) is 5.16 Å². The van der Waals surface area contributed by atoms with Gasteiger partial charge in [0.2, 0.25) is 6.04 Å². The molecule has 0 aromatic rings. The van der Waals surface area contributed by atoms with Crippen LogP contribution < -0.4 is 5.32 Å². The lowest BCUT2D eigenvalue weighted by Crippen LogP contribution is -2.26. The average molecular weight is 201 g/mol. The summed E-state index contributed by atoms with van der Waals surface area (Å²) in [5.41, 5.74) is -0.277. The van der Waals surface area contributed by atoms with Crippen LogP contribution in [0.4, 0.5) is 0 Å². The maximum Gasteiger partial charge on any atom is 0.273 e. The molecule has 0 heterocycles. The van der Waals surface area contributed by atoms with Crippen LogP contribution in [0, 0.1) is 10.1 Å². The van der Waals surface area contributed by atoms with Crippen LogP contribution in [0.15, 0.2) is 17.3 Å². The normalized spacial score (nSPS) is 14.0. The zero-order valence-electron chi connectivity index (χ0n) is 7.80. The molecule has 0 saturated heterocycles. The lowest BCUT2D eigenvalue weighted by atomic mass is 10.2. The maximum atomic E-state index is 10.9. The zero-order chi connectivity index (χ0) is 11.1. The zero-order valence-corrected chi connectivity index (χ0v) is 7.80. The van der Waals surface area contributed by atoms with Crippen molar-refractivity contribution in [2.45, 2.75) is 13.0 Å². The van der Waals surface area contributed by atoms with Gasteiger partial charge in [0, 0.05) is 18.9 Å². The molecule has 7 heteroatoms. The number of oxime groups is 1. The number of hydrogen-bond donors (Lipinski definition) is 2. The van der Waals surface area contributed by atoms with Crippen molar-refractivity contribution in [1.29, 1.82) is 0 Å². The second kappa shape index (κ2) is 5.68. The van der Waals surface area contributed by atoms with Crippen LogP contribution >= 0.6 is 0 Å². The van der Waals surface area contributed by atoms with Gasteiger partial charge in [-0.3, -0.25) is 14.9 Å². The van der Waals surface area contributed by atoms with Crippen molar-refractivity contribution < 1.29 is 14.9 Å². The molecular weight excluding hydrogens is 190 g/mol. The lowest BCUT2D eigenvalue weighted by Gasteiger charge is -1.97. The first-order valence-electron chi connectivity index (χ1n) is 3.78. The van der Waals surface area contributed by atoms with Crippen molar-refractivity contribution >= 4 is 11.6 Å². The highest BCUT2D eigenvalue weighted by Crippen LogP contribution is 1.92. The maximum absolute atomic E-state index is 10.9. The molecule has 0 radical (unpaired) electrons. The van der Waals surface area contributed by atoms with Gasteiger partial charge >= 0.3 is 0 Å². The predicted molar refractivity (Wildman–Crippen MR) is 48.9 cm³/mol. The Morgan fingerprint density at radius 1 is 1.71 bits per heavy atom. The summed E-state index contributed by atoms with van der Waals surface area (Å²) >= 11 is 0. The van der Waals surface area contributed by atoms with E-state index in [9.17, 15) is 14.9 Å². The molecule has 0 aliphatic heterocycles. The smallest absolute Gasteiger partial charge is 0.273 e. The van der Waals surface area contributed by atoms with Crippen LogP contribution in [-0.4, -0.2) is 34.8 Å². The fraction of sp³-hybridized carbons (Fsp3) is 0.429. The standard InChI is InChI=1S/C7H11N3O4/c1-5(10(13)14)3-4-6(9-12)7(11)8-2/h3-5,12H,1-2H3,(H,8,11). The summed E-state index contributed by atoms with van der Waals surface area (Å²) in [5.74, 6) is -0.612. The first kappa shape index (κ1) is 12.1. The first-order chi connectivity index (χ1) is 6.52. The third-order valence-electron chi connectivity index (χ3n) is 1.43. The number of carbonyl (C=O) groups is 1. The summed E-state index contributed by atoms with van der Waals surface area (Å²) in [7, 11) is 1.36. The van der Waals surface area contributed by atoms with Gasteiger partial charge in [-0.05, 0) is 12.2 Å². The Kier molecular flexibility index (Phi) is 4.90. The van der Waals surface area contributed by atoms with E-state index in [-0.39, 0.29) is 5.71 Å². The van der Waals surface area contributed by atoms with Crippen molar-refractivity contribution in [3.63, 3.8) is 0 Å². The molecule has 1 atom stereocenters. The van der Waals surface area contributed by atoms with E-state index in [1.165, 1.54) is 14.0 Å². The number of carbonyl (C=O) groups excluding carboxylic acids is 1. The van der Waals surface area contributed by atoms with Crippen LogP contribution in [0.2, 0.25) is 0 Å². The molecule has 78 valence electrons. The van der Waals surface area contributed by atoms with Gasteiger partial charge < -0.3 is 10.5 Å². The molecule has 2 N–H and O–H groups in total. The summed E-state index contributed by atoms with van der Waals surface area (Å²) in [6, 6.07) is -0.934. The highest BCUT2D eigenvalue weighted by Gasteiger charge is 2.10. The van der Waals surface area contributed by atoms with Crippen LogP contribution in [0.25, 0.3) is 0 Å². The quantitative estimate of drug-likeness (QED) is 0.284. The molecule has 7 nitrogen and oxygen atoms in total. The molecule has 0 rings (SSSR count). The minimum absolute atomic E-state index is 0.277. The minimum Gasteiger partial charge on any atom is -0.410 e. The second-order valence-electron chi connectivity index (χ2n) is 2.45. The molecule has 14 heavy (non-hydrogen) atoms. The number of hydrogen-bond acceptors (Lipinski definition) is 5. The highest BCUT2D eigenvalue weighted by atomic mass is 16.6. The molecule has 0 saturated carbocycles. The van der Waals surface area contributed by atoms with E-state index in [0.717, 1.165) is 12.2 Å². The number of nitrogens with zero attached hydrogens (tertiary/aromatic N) is 2. The van der Waals surface area contributed by atoms with Gasteiger partial charge in [0.25, 0.3) is 5.91 Å². The van der Waals surface area contributed by atoms with E-state index in [4.69, 9.17) is 5.21 Å². The third-order valence-corrected chi connectivity index (χ3v) is 1.43. The summed E-state index contributed by atoms with van der Waals surface area (Å²) in [5, 5.41) is 23.5. The third kappa shape index (κ3) is 3.65. The van der Waals surface area contributed by atoms with Crippen LogP contribution in [0.1, 0.15) is 6.92 Å². The number of nitro groups is 1. The Morgan fingerprint density at radius 2 is 2.29 bits per heavy atom. The fourth-order valence-electron chi connectivity index (χ4n) is 0.583. The van der Waals surface area contributed by atoms with Gasteiger partial charge in [0.15, 0.2) is 5.71 Å². The van der Waals surface area contributed by atoms with Crippen LogP contribution in [0.5, 0.6) is 0 Å². The molecule has 1 amide bonds. The van der Waals surface area contributed by atoms with Crippen LogP contribution in [0.3, 0.4) is 0 Å². The fourth-order valence-corrected chi connectivity index (χ4v) is 0.583. The van der Waals surface area contributed by atoms with E-state index in [1.54, 1.807) is 0 Å². The van der Waals surface area contributed by atoms with E-state index < -0.39 is 16.9 Å². The van der Waals surface area contributed by atoms with Crippen molar-refractivity contribution in [3.05, 3.63) is 22.3 Å². The molecule has 1 unspecified atom stereocenters. The van der Waals surface area contributed by atoms with E-state index in [1.807, 2.05) is 0 Å². The van der Waals surface area contributed by atoms with Crippen LogP contribution in [-0.2, 0) is 4.79 Å². The Balaban J connectivity index is 4.48. The second-order valence-corrected chi connectivity index (χ2v) is 2.45. The topological polar surface area (TPSA) is 105 Å². The largest absolute Gasteiger partial charge is 0.410 e. The summed E-state index contributed by atoms with van der Waals surface area (Å²) in [6.07, 6.45) is 2.25. The summed E-state index contributed by atoms with van der Waals surface area (Å²) in [4.78, 5) is 20.6. The summed E-state index contributed by atoms with van der Waals surface area (Å²) in [6.45, 7) is 1.34. The molecule has 0 aliphatic carbocycles. The van der Waals surface area contributed by atoms with Crippen molar-refractivity contribution in [3.8, 4) is 0 Å². The Morgan fingerprint density at radius 3 is 2.64 bits per heavy atom. The highest BCUT2D eigenvalue weighted by molar-refractivity contribution is 6.43. The summed E-state index contributed by atoms with van der Waals surface area (Å²) < 4.78 is 0. The molecule has 0 aromatic heterocycles.